The first-order valence-electron chi connectivity index (χ1n) is 5.52. The van der Waals surface area contributed by atoms with Crippen molar-refractivity contribution in [2.45, 2.75) is 26.3 Å². The lowest BCUT2D eigenvalue weighted by atomic mass is 10.2. The molecule has 1 N–H and O–H groups in total. The van der Waals surface area contributed by atoms with Gasteiger partial charge in [-0.15, -0.1) is 0 Å². The van der Waals surface area contributed by atoms with Gasteiger partial charge in [-0.3, -0.25) is 14.6 Å². The second-order valence-corrected chi connectivity index (χ2v) is 3.66. The molecule has 0 bridgehead atoms. The molecule has 17 heavy (non-hydrogen) atoms. The van der Waals surface area contributed by atoms with E-state index in [1.165, 1.54) is 0 Å². The highest BCUT2D eigenvalue weighted by Crippen LogP contribution is 2.05. The van der Waals surface area contributed by atoms with Crippen LogP contribution in [0, 0.1) is 0 Å². The minimum Gasteiger partial charge on any atom is -0.481 e. The predicted octanol–water partition coefficient (Wildman–Crippen LogP) is 1.29. The van der Waals surface area contributed by atoms with Crippen molar-refractivity contribution in [3.8, 4) is 0 Å². The molecule has 0 aliphatic carbocycles. The molecule has 0 saturated carbocycles. The molecule has 1 aromatic heterocycles. The van der Waals surface area contributed by atoms with E-state index in [2.05, 4.69) is 4.98 Å². The normalized spacial score (nSPS) is 9.94. The van der Waals surface area contributed by atoms with Crippen molar-refractivity contribution < 1.29 is 14.7 Å². The van der Waals surface area contributed by atoms with Gasteiger partial charge in [-0.05, 0) is 18.6 Å². The largest absolute Gasteiger partial charge is 0.481 e. The topological polar surface area (TPSA) is 70.5 Å². The Morgan fingerprint density at radius 2 is 2.18 bits per heavy atom. The van der Waals surface area contributed by atoms with Gasteiger partial charge < -0.3 is 10.0 Å². The summed E-state index contributed by atoms with van der Waals surface area (Å²) in [5, 5.41) is 8.53. The van der Waals surface area contributed by atoms with Crippen LogP contribution in [0.4, 0.5) is 0 Å². The Kier molecular flexibility index (Phi) is 5.13. The van der Waals surface area contributed by atoms with Gasteiger partial charge in [0.2, 0.25) is 5.91 Å². The van der Waals surface area contributed by atoms with E-state index < -0.39 is 5.97 Å². The molecule has 92 valence electrons. The molecule has 1 aromatic rings. The Hall–Kier alpha value is -1.91. The van der Waals surface area contributed by atoms with Crippen molar-refractivity contribution in [1.29, 1.82) is 0 Å². The fourth-order valence-electron chi connectivity index (χ4n) is 1.46. The van der Waals surface area contributed by atoms with Crippen LogP contribution in [0.2, 0.25) is 0 Å². The lowest BCUT2D eigenvalue weighted by Gasteiger charge is -2.20. The summed E-state index contributed by atoms with van der Waals surface area (Å²) in [6.45, 7) is 2.91. The summed E-state index contributed by atoms with van der Waals surface area (Å²) in [4.78, 5) is 27.7. The maximum atomic E-state index is 11.7. The third-order valence-corrected chi connectivity index (χ3v) is 2.38. The first-order chi connectivity index (χ1) is 8.13. The molecule has 0 aromatic carbocycles. The number of rotatable bonds is 6. The van der Waals surface area contributed by atoms with E-state index in [4.69, 9.17) is 5.11 Å². The molecule has 1 rings (SSSR count). The van der Waals surface area contributed by atoms with Crippen LogP contribution < -0.4 is 0 Å². The third-order valence-electron chi connectivity index (χ3n) is 2.38. The van der Waals surface area contributed by atoms with E-state index in [0.29, 0.717) is 13.1 Å². The summed E-state index contributed by atoms with van der Waals surface area (Å²) < 4.78 is 0. The first-order valence-corrected chi connectivity index (χ1v) is 5.52. The van der Waals surface area contributed by atoms with E-state index in [0.717, 1.165) is 5.56 Å². The molecule has 0 unspecified atom stereocenters. The van der Waals surface area contributed by atoms with Crippen LogP contribution in [0.3, 0.4) is 0 Å². The van der Waals surface area contributed by atoms with Crippen LogP contribution in [0.5, 0.6) is 0 Å². The van der Waals surface area contributed by atoms with Crippen LogP contribution >= 0.6 is 0 Å². The number of pyridine rings is 1. The van der Waals surface area contributed by atoms with E-state index in [9.17, 15) is 9.59 Å². The van der Waals surface area contributed by atoms with Crippen LogP contribution in [0.15, 0.2) is 24.5 Å². The molecule has 1 heterocycles. The number of carbonyl (C=O) groups excluding carboxylic acids is 1. The number of aromatic nitrogens is 1. The zero-order valence-electron chi connectivity index (χ0n) is 9.80. The minimum absolute atomic E-state index is 0.0451. The standard InChI is InChI=1S/C12H16N2O3/c1-2-14(11(15)5-6-12(16)17)9-10-4-3-7-13-8-10/h3-4,7-8H,2,5-6,9H2,1H3,(H,16,17). The molecule has 1 amide bonds. The van der Waals surface area contributed by atoms with Crippen molar-refractivity contribution in [3.63, 3.8) is 0 Å². The number of aliphatic carboxylic acids is 1. The molecule has 5 heteroatoms. The van der Waals surface area contributed by atoms with Gasteiger partial charge in [0.25, 0.3) is 0 Å². The quantitative estimate of drug-likeness (QED) is 0.808. The molecule has 0 spiro atoms. The van der Waals surface area contributed by atoms with Crippen molar-refractivity contribution in [2.24, 2.45) is 0 Å². The zero-order chi connectivity index (χ0) is 12.7. The number of hydrogen-bond acceptors (Lipinski definition) is 3. The van der Waals surface area contributed by atoms with Gasteiger partial charge >= 0.3 is 5.97 Å². The Morgan fingerprint density at radius 1 is 1.41 bits per heavy atom. The number of carbonyl (C=O) groups is 2. The summed E-state index contributed by atoms with van der Waals surface area (Å²) in [7, 11) is 0. The zero-order valence-corrected chi connectivity index (χ0v) is 9.80. The number of carboxylic acid groups (broad SMARTS) is 1. The average Bonchev–Trinajstić information content (AvgIpc) is 2.34. The van der Waals surface area contributed by atoms with Crippen molar-refractivity contribution in [2.75, 3.05) is 6.54 Å². The van der Waals surface area contributed by atoms with Crippen LogP contribution in [0.25, 0.3) is 0 Å². The summed E-state index contributed by atoms with van der Waals surface area (Å²) >= 11 is 0. The van der Waals surface area contributed by atoms with E-state index in [-0.39, 0.29) is 18.7 Å². The first kappa shape index (κ1) is 13.2. The SMILES string of the molecule is CCN(Cc1cccnc1)C(=O)CCC(=O)O. The second-order valence-electron chi connectivity index (χ2n) is 3.66. The van der Waals surface area contributed by atoms with E-state index >= 15 is 0 Å². The highest BCUT2D eigenvalue weighted by molar-refractivity contribution is 5.80. The minimum atomic E-state index is -0.948. The van der Waals surface area contributed by atoms with Crippen molar-refractivity contribution in [1.82, 2.24) is 9.88 Å². The monoisotopic (exact) mass is 236 g/mol. The molecule has 0 radical (unpaired) electrons. The number of carboxylic acids is 1. The van der Waals surface area contributed by atoms with Crippen molar-refractivity contribution in [3.05, 3.63) is 30.1 Å². The highest BCUT2D eigenvalue weighted by atomic mass is 16.4. The Morgan fingerprint density at radius 3 is 2.71 bits per heavy atom. The summed E-state index contributed by atoms with van der Waals surface area (Å²) in [5.41, 5.74) is 0.943. The smallest absolute Gasteiger partial charge is 0.303 e. The van der Waals surface area contributed by atoms with Crippen LogP contribution in [-0.2, 0) is 16.1 Å². The Balaban J connectivity index is 2.53. The summed E-state index contributed by atoms with van der Waals surface area (Å²) in [6.07, 6.45) is 3.30. The van der Waals surface area contributed by atoms with Crippen LogP contribution in [-0.4, -0.2) is 33.4 Å². The van der Waals surface area contributed by atoms with Gasteiger partial charge in [-0.1, -0.05) is 6.07 Å². The Bertz CT molecular complexity index is 379. The third kappa shape index (κ3) is 4.63. The van der Waals surface area contributed by atoms with Crippen LogP contribution in [0.1, 0.15) is 25.3 Å². The average molecular weight is 236 g/mol. The molecular formula is C12H16N2O3. The van der Waals surface area contributed by atoms with Crippen molar-refractivity contribution >= 4 is 11.9 Å². The molecule has 0 aliphatic rings. The molecule has 0 atom stereocenters. The van der Waals surface area contributed by atoms with Gasteiger partial charge in [0.05, 0.1) is 6.42 Å². The fourth-order valence-corrected chi connectivity index (χ4v) is 1.46. The number of amides is 1. The molecule has 5 nitrogen and oxygen atoms in total. The van der Waals surface area contributed by atoms with E-state index in [1.54, 1.807) is 17.3 Å². The lowest BCUT2D eigenvalue weighted by Crippen LogP contribution is -2.30. The van der Waals surface area contributed by atoms with Gasteiger partial charge in [0.15, 0.2) is 0 Å². The van der Waals surface area contributed by atoms with E-state index in [1.807, 2.05) is 19.1 Å². The predicted molar refractivity (Wildman–Crippen MR) is 62.2 cm³/mol. The van der Waals surface area contributed by atoms with Gasteiger partial charge in [-0.25, -0.2) is 0 Å². The second kappa shape index (κ2) is 6.62. The van der Waals surface area contributed by atoms with Gasteiger partial charge in [0, 0.05) is 31.9 Å². The number of nitrogens with zero attached hydrogens (tertiary/aromatic N) is 2. The molecular weight excluding hydrogens is 220 g/mol. The fraction of sp³-hybridized carbons (Fsp3) is 0.417. The molecule has 0 saturated heterocycles. The lowest BCUT2D eigenvalue weighted by molar-refractivity contribution is -0.141. The molecule has 0 aliphatic heterocycles. The van der Waals surface area contributed by atoms with Gasteiger partial charge in [-0.2, -0.15) is 0 Å². The summed E-state index contributed by atoms with van der Waals surface area (Å²) in [6, 6.07) is 3.70. The maximum absolute atomic E-state index is 11.7. The Labute approximate surface area is 100 Å². The molecule has 0 fully saturated rings. The number of hydrogen-bond donors (Lipinski definition) is 1. The highest BCUT2D eigenvalue weighted by Gasteiger charge is 2.13. The maximum Gasteiger partial charge on any atom is 0.303 e. The summed E-state index contributed by atoms with van der Waals surface area (Å²) in [5.74, 6) is -1.09. The van der Waals surface area contributed by atoms with Gasteiger partial charge in [0.1, 0.15) is 0 Å².